The summed E-state index contributed by atoms with van der Waals surface area (Å²) >= 11 is 0. The van der Waals surface area contributed by atoms with Gasteiger partial charge in [0.05, 0.1) is 6.54 Å². The zero-order chi connectivity index (χ0) is 12.1. The maximum absolute atomic E-state index is 11.5. The molecule has 0 saturated carbocycles. The van der Waals surface area contributed by atoms with E-state index < -0.39 is 5.91 Å². The van der Waals surface area contributed by atoms with Crippen molar-refractivity contribution in [1.29, 1.82) is 0 Å². The first-order valence-electron chi connectivity index (χ1n) is 4.64. The minimum Gasteiger partial charge on any atom is -0.505 e. The highest BCUT2D eigenvalue weighted by Gasteiger charge is 2.13. The topological polar surface area (TPSA) is 82.5 Å². The molecule has 0 saturated heterocycles. The Morgan fingerprint density at radius 3 is 2.75 bits per heavy atom. The maximum atomic E-state index is 11.5. The standard InChI is InChI=1S/C10H13N3O3/c1-13(2)8(15)6-12-10(16)9-7(14)4-3-5-11-9/h3-5,14H,6H2,1-2H3,(H,12,16). The third kappa shape index (κ3) is 2.94. The van der Waals surface area contributed by atoms with E-state index in [0.717, 1.165) is 0 Å². The molecule has 16 heavy (non-hydrogen) atoms. The second kappa shape index (κ2) is 5.11. The zero-order valence-corrected chi connectivity index (χ0v) is 9.10. The predicted octanol–water partition coefficient (Wildman–Crippen LogP) is -0.395. The van der Waals surface area contributed by atoms with Crippen molar-refractivity contribution in [3.05, 3.63) is 24.0 Å². The molecule has 86 valence electrons. The zero-order valence-electron chi connectivity index (χ0n) is 9.10. The monoisotopic (exact) mass is 223 g/mol. The van der Waals surface area contributed by atoms with Crippen LogP contribution in [-0.4, -0.2) is 47.4 Å². The quantitative estimate of drug-likeness (QED) is 0.730. The van der Waals surface area contributed by atoms with Gasteiger partial charge in [-0.05, 0) is 12.1 Å². The lowest BCUT2D eigenvalue weighted by Gasteiger charge is -2.10. The number of pyridine rings is 1. The van der Waals surface area contributed by atoms with Crippen molar-refractivity contribution in [3.63, 3.8) is 0 Å². The van der Waals surface area contributed by atoms with Crippen LogP contribution in [0.15, 0.2) is 18.3 Å². The first-order chi connectivity index (χ1) is 7.52. The minimum absolute atomic E-state index is 0.0888. The molecule has 6 nitrogen and oxygen atoms in total. The molecule has 0 aliphatic heterocycles. The van der Waals surface area contributed by atoms with Crippen molar-refractivity contribution < 1.29 is 14.7 Å². The molecule has 2 amide bonds. The lowest BCUT2D eigenvalue weighted by atomic mass is 10.3. The molecule has 0 spiro atoms. The molecule has 0 aliphatic rings. The molecule has 1 aromatic heterocycles. The summed E-state index contributed by atoms with van der Waals surface area (Å²) in [5, 5.41) is 11.7. The summed E-state index contributed by atoms with van der Waals surface area (Å²) in [6.45, 7) is -0.123. The molecule has 0 unspecified atom stereocenters. The van der Waals surface area contributed by atoms with Gasteiger partial charge < -0.3 is 15.3 Å². The summed E-state index contributed by atoms with van der Waals surface area (Å²) in [6, 6.07) is 2.87. The largest absolute Gasteiger partial charge is 0.505 e. The van der Waals surface area contributed by atoms with Crippen LogP contribution in [0.2, 0.25) is 0 Å². The van der Waals surface area contributed by atoms with Crippen molar-refractivity contribution in [3.8, 4) is 5.75 Å². The van der Waals surface area contributed by atoms with E-state index in [-0.39, 0.29) is 23.9 Å². The number of hydrogen-bond acceptors (Lipinski definition) is 4. The highest BCUT2D eigenvalue weighted by Crippen LogP contribution is 2.11. The van der Waals surface area contributed by atoms with E-state index in [0.29, 0.717) is 0 Å². The van der Waals surface area contributed by atoms with Gasteiger partial charge in [0, 0.05) is 20.3 Å². The summed E-state index contributed by atoms with van der Waals surface area (Å²) in [5.41, 5.74) is -0.0888. The van der Waals surface area contributed by atoms with Crippen LogP contribution in [-0.2, 0) is 4.79 Å². The van der Waals surface area contributed by atoms with Crippen LogP contribution in [0, 0.1) is 0 Å². The first kappa shape index (κ1) is 12.0. The number of hydrogen-bond donors (Lipinski definition) is 2. The fourth-order valence-electron chi connectivity index (χ4n) is 0.969. The molecule has 0 aromatic carbocycles. The average molecular weight is 223 g/mol. The van der Waals surface area contributed by atoms with Crippen LogP contribution < -0.4 is 5.32 Å². The van der Waals surface area contributed by atoms with Crippen LogP contribution in [0.4, 0.5) is 0 Å². The van der Waals surface area contributed by atoms with Crippen LogP contribution in [0.1, 0.15) is 10.5 Å². The van der Waals surface area contributed by atoms with Gasteiger partial charge in [0.1, 0.15) is 5.75 Å². The smallest absolute Gasteiger partial charge is 0.274 e. The first-order valence-corrected chi connectivity index (χ1v) is 4.64. The van der Waals surface area contributed by atoms with Crippen molar-refractivity contribution in [1.82, 2.24) is 15.2 Å². The summed E-state index contributed by atoms with van der Waals surface area (Å²) in [6.07, 6.45) is 1.39. The molecule has 1 aromatic rings. The van der Waals surface area contributed by atoms with E-state index in [1.807, 2.05) is 0 Å². The van der Waals surface area contributed by atoms with E-state index in [4.69, 9.17) is 0 Å². The Bertz CT molecular complexity index is 404. The van der Waals surface area contributed by atoms with E-state index in [9.17, 15) is 14.7 Å². The van der Waals surface area contributed by atoms with E-state index in [1.165, 1.54) is 23.2 Å². The van der Waals surface area contributed by atoms with Crippen molar-refractivity contribution in [2.45, 2.75) is 0 Å². The highest BCUT2D eigenvalue weighted by molar-refractivity contribution is 5.96. The summed E-state index contributed by atoms with van der Waals surface area (Å²) < 4.78 is 0. The third-order valence-corrected chi connectivity index (χ3v) is 1.90. The Morgan fingerprint density at radius 1 is 1.50 bits per heavy atom. The molecular formula is C10H13N3O3. The van der Waals surface area contributed by atoms with Crippen LogP contribution in [0.25, 0.3) is 0 Å². The number of carbonyl (C=O) groups excluding carboxylic acids is 2. The van der Waals surface area contributed by atoms with Gasteiger partial charge >= 0.3 is 0 Å². The van der Waals surface area contributed by atoms with Gasteiger partial charge in [-0.25, -0.2) is 4.98 Å². The number of rotatable bonds is 3. The van der Waals surface area contributed by atoms with Crippen LogP contribution in [0.5, 0.6) is 5.75 Å². The number of nitrogens with one attached hydrogen (secondary N) is 1. The lowest BCUT2D eigenvalue weighted by Crippen LogP contribution is -2.36. The Labute approximate surface area is 92.9 Å². The SMILES string of the molecule is CN(C)C(=O)CNC(=O)c1ncccc1O. The number of amides is 2. The van der Waals surface area contributed by atoms with Crippen molar-refractivity contribution in [2.24, 2.45) is 0 Å². The van der Waals surface area contributed by atoms with Crippen molar-refractivity contribution >= 4 is 11.8 Å². The predicted molar refractivity (Wildman–Crippen MR) is 56.9 cm³/mol. The van der Waals surface area contributed by atoms with E-state index in [1.54, 1.807) is 14.1 Å². The molecule has 6 heteroatoms. The van der Waals surface area contributed by atoms with Gasteiger partial charge in [0.25, 0.3) is 5.91 Å². The van der Waals surface area contributed by atoms with Crippen LogP contribution >= 0.6 is 0 Å². The molecule has 2 N–H and O–H groups in total. The fraction of sp³-hybridized carbons (Fsp3) is 0.300. The van der Waals surface area contributed by atoms with Crippen LogP contribution in [0.3, 0.4) is 0 Å². The second-order valence-corrected chi connectivity index (χ2v) is 3.34. The minimum atomic E-state index is -0.576. The Balaban J connectivity index is 2.60. The summed E-state index contributed by atoms with van der Waals surface area (Å²) in [7, 11) is 3.18. The second-order valence-electron chi connectivity index (χ2n) is 3.34. The molecule has 1 rings (SSSR count). The Kier molecular flexibility index (Phi) is 3.82. The van der Waals surface area contributed by atoms with E-state index >= 15 is 0 Å². The highest BCUT2D eigenvalue weighted by atomic mass is 16.3. The number of aromatic nitrogens is 1. The summed E-state index contributed by atoms with van der Waals surface area (Å²) in [5.74, 6) is -1.02. The number of aromatic hydroxyl groups is 1. The third-order valence-electron chi connectivity index (χ3n) is 1.90. The van der Waals surface area contributed by atoms with Gasteiger partial charge in [-0.2, -0.15) is 0 Å². The van der Waals surface area contributed by atoms with Crippen molar-refractivity contribution in [2.75, 3.05) is 20.6 Å². The molecule has 0 aliphatic carbocycles. The van der Waals surface area contributed by atoms with Gasteiger partial charge in [0.15, 0.2) is 5.69 Å². The van der Waals surface area contributed by atoms with Gasteiger partial charge in [-0.3, -0.25) is 9.59 Å². The van der Waals surface area contributed by atoms with Gasteiger partial charge in [-0.1, -0.05) is 0 Å². The summed E-state index contributed by atoms with van der Waals surface area (Å²) in [4.78, 5) is 27.8. The van der Waals surface area contributed by atoms with E-state index in [2.05, 4.69) is 10.3 Å². The molecular weight excluding hydrogens is 210 g/mol. The Morgan fingerprint density at radius 2 is 2.19 bits per heavy atom. The lowest BCUT2D eigenvalue weighted by molar-refractivity contribution is -0.127. The molecule has 0 fully saturated rings. The van der Waals surface area contributed by atoms with Gasteiger partial charge in [0.2, 0.25) is 5.91 Å². The maximum Gasteiger partial charge on any atom is 0.274 e. The fourth-order valence-corrected chi connectivity index (χ4v) is 0.969. The number of carbonyl (C=O) groups is 2. The Hall–Kier alpha value is -2.11. The molecule has 0 bridgehead atoms. The molecule has 0 atom stereocenters. The average Bonchev–Trinajstić information content (AvgIpc) is 2.25. The molecule has 1 heterocycles. The normalized spacial score (nSPS) is 9.62. The van der Waals surface area contributed by atoms with Gasteiger partial charge in [-0.15, -0.1) is 0 Å². The molecule has 0 radical (unpaired) electrons. The number of nitrogens with zero attached hydrogens (tertiary/aromatic N) is 2. The number of likely N-dealkylation sites (N-methyl/N-ethyl adjacent to an activating group) is 1.